The Bertz CT molecular complexity index is 1310. The van der Waals surface area contributed by atoms with E-state index in [9.17, 15) is 9.59 Å². The lowest BCUT2D eigenvalue weighted by atomic mass is 9.89. The Morgan fingerprint density at radius 2 is 1.92 bits per heavy atom. The topological polar surface area (TPSA) is 98.1 Å². The van der Waals surface area contributed by atoms with Gasteiger partial charge in [0.25, 0.3) is 0 Å². The van der Waals surface area contributed by atoms with Crippen LogP contribution in [0, 0.1) is 5.41 Å². The number of rotatable bonds is 5. The molecular formula is C27H32ClN5O3. The zero-order valence-corrected chi connectivity index (χ0v) is 22.2. The van der Waals surface area contributed by atoms with Gasteiger partial charge in [0, 0.05) is 35.1 Å². The molecule has 2 amide bonds. The fourth-order valence-electron chi connectivity index (χ4n) is 4.26. The first kappa shape index (κ1) is 25.7. The van der Waals surface area contributed by atoms with Gasteiger partial charge in [-0.05, 0) is 63.3 Å². The number of halogens is 1. The Labute approximate surface area is 216 Å². The van der Waals surface area contributed by atoms with E-state index in [4.69, 9.17) is 16.3 Å². The number of benzene rings is 1. The van der Waals surface area contributed by atoms with Crippen molar-refractivity contribution < 1.29 is 14.3 Å². The summed E-state index contributed by atoms with van der Waals surface area (Å²) in [6.45, 7) is 12.7. The zero-order chi connectivity index (χ0) is 26.3. The predicted molar refractivity (Wildman–Crippen MR) is 140 cm³/mol. The molecule has 190 valence electrons. The zero-order valence-electron chi connectivity index (χ0n) is 21.5. The molecule has 0 saturated heterocycles. The minimum atomic E-state index is -0.551. The second-order valence-corrected chi connectivity index (χ2v) is 11.5. The van der Waals surface area contributed by atoms with Crippen molar-refractivity contribution in [3.63, 3.8) is 0 Å². The fraction of sp³-hybridized carbons (Fsp3) is 0.407. The van der Waals surface area contributed by atoms with Crippen LogP contribution in [0.25, 0.3) is 11.1 Å². The predicted octanol–water partition coefficient (Wildman–Crippen LogP) is 5.81. The summed E-state index contributed by atoms with van der Waals surface area (Å²) in [5.74, 6) is 0.00833. The highest BCUT2D eigenvalue weighted by Gasteiger charge is 2.32. The van der Waals surface area contributed by atoms with E-state index in [2.05, 4.69) is 34.6 Å². The molecule has 0 fully saturated rings. The number of carbonyl (C=O) groups excluding carboxylic acids is 2. The van der Waals surface area contributed by atoms with Crippen LogP contribution in [0.5, 0.6) is 5.75 Å². The normalized spacial score (nSPS) is 15.2. The number of anilines is 1. The summed E-state index contributed by atoms with van der Waals surface area (Å²) in [7, 11) is 0. The summed E-state index contributed by atoms with van der Waals surface area (Å²) >= 11 is 6.50. The van der Waals surface area contributed by atoms with Gasteiger partial charge in [0.2, 0.25) is 5.91 Å². The van der Waals surface area contributed by atoms with Crippen molar-refractivity contribution in [3.05, 3.63) is 59.0 Å². The van der Waals surface area contributed by atoms with E-state index in [1.165, 1.54) is 0 Å². The molecule has 0 saturated carbocycles. The van der Waals surface area contributed by atoms with Crippen LogP contribution in [0.4, 0.5) is 10.6 Å². The van der Waals surface area contributed by atoms with Crippen LogP contribution in [0.15, 0.2) is 42.7 Å². The number of hydrogen-bond acceptors (Lipinski definition) is 5. The maximum Gasteiger partial charge on any atom is 0.413 e. The minimum absolute atomic E-state index is 0.135. The Hall–Kier alpha value is -3.39. The van der Waals surface area contributed by atoms with E-state index in [1.54, 1.807) is 37.4 Å². The number of nitrogens with one attached hydrogen (secondary N) is 2. The van der Waals surface area contributed by atoms with Crippen molar-refractivity contribution in [1.29, 1.82) is 0 Å². The van der Waals surface area contributed by atoms with Gasteiger partial charge >= 0.3 is 6.09 Å². The van der Waals surface area contributed by atoms with Crippen molar-refractivity contribution in [2.75, 3.05) is 5.32 Å². The van der Waals surface area contributed by atoms with Crippen molar-refractivity contribution in [3.8, 4) is 16.9 Å². The molecule has 2 N–H and O–H groups in total. The van der Waals surface area contributed by atoms with E-state index in [-0.39, 0.29) is 11.3 Å². The van der Waals surface area contributed by atoms with E-state index in [1.807, 2.05) is 37.7 Å². The number of fused-ring (bicyclic) bond motifs is 1. The minimum Gasteiger partial charge on any atom is -0.410 e. The van der Waals surface area contributed by atoms with Gasteiger partial charge < -0.3 is 15.4 Å². The van der Waals surface area contributed by atoms with Crippen molar-refractivity contribution >= 4 is 29.4 Å². The third-order valence-electron chi connectivity index (χ3n) is 6.01. The second-order valence-electron chi connectivity index (χ2n) is 11.1. The molecule has 3 aromatic rings. The molecule has 0 radical (unpaired) electrons. The number of amides is 2. The SMILES string of the molecule is CC(C(=O)Nc1cc(-c2cnn3c2CC(C)(C)C3)c(Cl)cn1)c1cccc(OC(=O)NC(C)(C)C)c1. The van der Waals surface area contributed by atoms with Crippen LogP contribution in [0.1, 0.15) is 58.7 Å². The molecule has 2 aromatic heterocycles. The molecule has 1 atom stereocenters. The third-order valence-corrected chi connectivity index (χ3v) is 6.31. The lowest BCUT2D eigenvalue weighted by molar-refractivity contribution is -0.117. The van der Waals surface area contributed by atoms with Gasteiger partial charge in [-0.3, -0.25) is 9.48 Å². The molecule has 3 heterocycles. The van der Waals surface area contributed by atoms with E-state index >= 15 is 0 Å². The Kier molecular flexibility index (Phi) is 6.84. The van der Waals surface area contributed by atoms with E-state index in [0.29, 0.717) is 22.2 Å². The molecule has 1 aliphatic heterocycles. The average Bonchev–Trinajstić information content (AvgIpc) is 3.28. The van der Waals surface area contributed by atoms with Crippen LogP contribution < -0.4 is 15.4 Å². The number of hydrogen-bond donors (Lipinski definition) is 2. The second kappa shape index (κ2) is 9.58. The first-order valence-corrected chi connectivity index (χ1v) is 12.3. The van der Waals surface area contributed by atoms with Crippen LogP contribution in [-0.4, -0.2) is 32.3 Å². The van der Waals surface area contributed by atoms with Gasteiger partial charge in [-0.2, -0.15) is 5.10 Å². The lowest BCUT2D eigenvalue weighted by Crippen LogP contribution is -2.42. The summed E-state index contributed by atoms with van der Waals surface area (Å²) in [6, 6.07) is 8.71. The van der Waals surface area contributed by atoms with Crippen LogP contribution in [0.2, 0.25) is 5.02 Å². The summed E-state index contributed by atoms with van der Waals surface area (Å²) in [5, 5.41) is 10.7. The first-order valence-electron chi connectivity index (χ1n) is 11.9. The van der Waals surface area contributed by atoms with E-state index in [0.717, 1.165) is 29.8 Å². The van der Waals surface area contributed by atoms with Gasteiger partial charge in [-0.15, -0.1) is 0 Å². The molecule has 0 aliphatic carbocycles. The quantitative estimate of drug-likeness (QED) is 0.452. The molecule has 36 heavy (non-hydrogen) atoms. The molecular weight excluding hydrogens is 478 g/mol. The summed E-state index contributed by atoms with van der Waals surface area (Å²) < 4.78 is 7.40. The average molecular weight is 510 g/mol. The molecule has 1 aliphatic rings. The summed E-state index contributed by atoms with van der Waals surface area (Å²) in [6.07, 6.45) is 3.71. The van der Waals surface area contributed by atoms with Gasteiger partial charge in [0.05, 0.1) is 17.1 Å². The van der Waals surface area contributed by atoms with Gasteiger partial charge in [-0.1, -0.05) is 37.6 Å². The molecule has 1 unspecified atom stereocenters. The molecule has 0 bridgehead atoms. The van der Waals surface area contributed by atoms with Crippen LogP contribution >= 0.6 is 11.6 Å². The Balaban J connectivity index is 1.49. The summed E-state index contributed by atoms with van der Waals surface area (Å²) in [5.41, 5.74) is 3.30. The van der Waals surface area contributed by atoms with Crippen LogP contribution in [-0.2, 0) is 17.8 Å². The van der Waals surface area contributed by atoms with Gasteiger partial charge in [0.15, 0.2) is 0 Å². The fourth-order valence-corrected chi connectivity index (χ4v) is 4.46. The maximum atomic E-state index is 13.1. The molecule has 0 spiro atoms. The van der Waals surface area contributed by atoms with Crippen molar-refractivity contribution in [2.24, 2.45) is 5.41 Å². The number of aromatic nitrogens is 3. The van der Waals surface area contributed by atoms with Gasteiger partial charge in [0.1, 0.15) is 11.6 Å². The monoisotopic (exact) mass is 509 g/mol. The van der Waals surface area contributed by atoms with Crippen LogP contribution in [0.3, 0.4) is 0 Å². The summed E-state index contributed by atoms with van der Waals surface area (Å²) in [4.78, 5) is 29.5. The number of ether oxygens (including phenoxy) is 1. The smallest absolute Gasteiger partial charge is 0.410 e. The highest BCUT2D eigenvalue weighted by Crippen LogP contribution is 2.39. The molecule has 9 heteroatoms. The molecule has 1 aromatic carbocycles. The van der Waals surface area contributed by atoms with Crippen molar-refractivity contribution in [1.82, 2.24) is 20.1 Å². The molecule has 4 rings (SSSR count). The maximum absolute atomic E-state index is 13.1. The highest BCUT2D eigenvalue weighted by atomic mass is 35.5. The highest BCUT2D eigenvalue weighted by molar-refractivity contribution is 6.33. The lowest BCUT2D eigenvalue weighted by Gasteiger charge is -2.20. The number of nitrogens with zero attached hydrogens (tertiary/aromatic N) is 3. The van der Waals surface area contributed by atoms with E-state index < -0.39 is 17.6 Å². The number of pyridine rings is 1. The third kappa shape index (κ3) is 5.87. The Morgan fingerprint density at radius 3 is 2.64 bits per heavy atom. The standard InChI is InChI=1S/C27H32ClN5O3/c1-16(17-8-7-9-18(10-17)36-25(35)32-26(2,3)4)24(34)31-23-11-19(21(28)14-29-23)20-13-30-33-15-27(5,6)12-22(20)33/h7-11,13-14,16H,12,15H2,1-6H3,(H,32,35)(H,29,31,34). The first-order chi connectivity index (χ1) is 16.8. The van der Waals surface area contributed by atoms with Gasteiger partial charge in [-0.25, -0.2) is 9.78 Å². The van der Waals surface area contributed by atoms with Crippen molar-refractivity contribution in [2.45, 2.75) is 66.0 Å². The molecule has 8 nitrogen and oxygen atoms in total. The number of carbonyl (C=O) groups is 2. The Morgan fingerprint density at radius 1 is 1.17 bits per heavy atom. The largest absolute Gasteiger partial charge is 0.413 e.